The quantitative estimate of drug-likeness (QED) is 0.628. The highest BCUT2D eigenvalue weighted by atomic mass is 19.1. The lowest BCUT2D eigenvalue weighted by atomic mass is 10.3. The van der Waals surface area contributed by atoms with Crippen LogP contribution in [0.5, 0.6) is 5.75 Å². The lowest BCUT2D eigenvalue weighted by Gasteiger charge is -2.05. The maximum absolute atomic E-state index is 13.0. The van der Waals surface area contributed by atoms with E-state index < -0.39 is 11.8 Å². The van der Waals surface area contributed by atoms with E-state index in [1.165, 1.54) is 44.7 Å². The highest BCUT2D eigenvalue weighted by molar-refractivity contribution is 5.82. The van der Waals surface area contributed by atoms with Gasteiger partial charge in [0.2, 0.25) is 0 Å². The molecule has 5 heteroatoms. The van der Waals surface area contributed by atoms with Gasteiger partial charge in [0.15, 0.2) is 11.6 Å². The number of benzene rings is 1. The summed E-state index contributed by atoms with van der Waals surface area (Å²) >= 11 is 0. The first-order valence-electron chi connectivity index (χ1n) is 4.52. The molecule has 4 nitrogen and oxygen atoms in total. The van der Waals surface area contributed by atoms with Crippen molar-refractivity contribution in [2.24, 2.45) is 0 Å². The molecule has 0 atom stereocenters. The zero-order valence-corrected chi connectivity index (χ0v) is 8.99. The van der Waals surface area contributed by atoms with E-state index in [1.54, 1.807) is 0 Å². The number of carbonyl (C=O) groups excluding carboxylic acids is 1. The van der Waals surface area contributed by atoms with Crippen LogP contribution in [-0.2, 0) is 9.53 Å². The number of rotatable bonds is 4. The second-order valence-corrected chi connectivity index (χ2v) is 2.85. The summed E-state index contributed by atoms with van der Waals surface area (Å²) in [6.07, 6.45) is 2.62. The lowest BCUT2D eigenvalue weighted by Crippen LogP contribution is -1.97. The number of halogens is 1. The van der Waals surface area contributed by atoms with Crippen LogP contribution in [0.2, 0.25) is 0 Å². The van der Waals surface area contributed by atoms with E-state index in [0.717, 1.165) is 0 Å². The van der Waals surface area contributed by atoms with E-state index in [-0.39, 0.29) is 5.75 Å². The fourth-order valence-corrected chi connectivity index (χ4v) is 1.02. The van der Waals surface area contributed by atoms with Crippen molar-refractivity contribution in [3.05, 3.63) is 36.3 Å². The number of ether oxygens (including phenoxy) is 2. The third kappa shape index (κ3) is 3.27. The van der Waals surface area contributed by atoms with Crippen LogP contribution in [0.3, 0.4) is 0 Å². The predicted molar refractivity (Wildman–Crippen MR) is 57.7 cm³/mol. The Bertz CT molecular complexity index is 404. The first-order chi connectivity index (χ1) is 7.67. The van der Waals surface area contributed by atoms with Crippen LogP contribution >= 0.6 is 0 Å². The van der Waals surface area contributed by atoms with E-state index in [2.05, 4.69) is 10.1 Å². The summed E-state index contributed by atoms with van der Waals surface area (Å²) in [5.74, 6) is -0.775. The van der Waals surface area contributed by atoms with Crippen molar-refractivity contribution in [3.63, 3.8) is 0 Å². The zero-order chi connectivity index (χ0) is 12.0. The molecule has 1 aromatic rings. The summed E-state index contributed by atoms with van der Waals surface area (Å²) < 4.78 is 22.2. The van der Waals surface area contributed by atoms with Crippen LogP contribution in [0.4, 0.5) is 10.1 Å². The second-order valence-electron chi connectivity index (χ2n) is 2.85. The second kappa shape index (κ2) is 5.75. The highest BCUT2D eigenvalue weighted by Gasteiger charge is 2.01. The number of esters is 1. The molecular weight excluding hydrogens is 213 g/mol. The standard InChI is InChI=1S/C11H12FNO3/c1-15-10-7-8(3-4-9(10)12)13-6-5-11(14)16-2/h3-7,13H,1-2H3/b6-5+. The SMILES string of the molecule is COC(=O)/C=C/Nc1ccc(F)c(OC)c1. The topological polar surface area (TPSA) is 47.6 Å². The normalized spacial score (nSPS) is 10.2. The highest BCUT2D eigenvalue weighted by Crippen LogP contribution is 2.21. The Balaban J connectivity index is 2.68. The molecule has 0 aliphatic rings. The Kier molecular flexibility index (Phi) is 4.32. The van der Waals surface area contributed by atoms with Crippen molar-refractivity contribution < 1.29 is 18.7 Å². The third-order valence-corrected chi connectivity index (χ3v) is 1.82. The molecule has 16 heavy (non-hydrogen) atoms. The molecule has 1 rings (SSSR count). The molecule has 1 aromatic carbocycles. The Morgan fingerprint density at radius 2 is 2.19 bits per heavy atom. The van der Waals surface area contributed by atoms with Crippen LogP contribution in [-0.4, -0.2) is 20.2 Å². The number of carbonyl (C=O) groups is 1. The zero-order valence-electron chi connectivity index (χ0n) is 8.99. The van der Waals surface area contributed by atoms with Crippen molar-refractivity contribution in [1.29, 1.82) is 0 Å². The van der Waals surface area contributed by atoms with Gasteiger partial charge in [-0.05, 0) is 12.1 Å². The van der Waals surface area contributed by atoms with E-state index in [9.17, 15) is 9.18 Å². The predicted octanol–water partition coefficient (Wildman–Crippen LogP) is 1.93. The van der Waals surface area contributed by atoms with Crippen molar-refractivity contribution in [2.75, 3.05) is 19.5 Å². The minimum absolute atomic E-state index is 0.136. The first-order valence-corrected chi connectivity index (χ1v) is 4.52. The molecule has 86 valence electrons. The molecule has 1 N–H and O–H groups in total. The maximum atomic E-state index is 13.0. The average Bonchev–Trinajstić information content (AvgIpc) is 2.31. The molecule has 0 saturated carbocycles. The van der Waals surface area contributed by atoms with Crippen molar-refractivity contribution >= 4 is 11.7 Å². The lowest BCUT2D eigenvalue weighted by molar-refractivity contribution is -0.134. The molecule has 0 amide bonds. The number of anilines is 1. The number of methoxy groups -OCH3 is 2. The first kappa shape index (κ1) is 12.0. The summed E-state index contributed by atoms with van der Waals surface area (Å²) in [4.78, 5) is 10.7. The van der Waals surface area contributed by atoms with E-state index in [0.29, 0.717) is 5.69 Å². The molecular formula is C11H12FNO3. The average molecular weight is 225 g/mol. The van der Waals surface area contributed by atoms with Gasteiger partial charge in [0.05, 0.1) is 14.2 Å². The molecule has 0 unspecified atom stereocenters. The molecule has 0 bridgehead atoms. The molecule has 0 aliphatic heterocycles. The summed E-state index contributed by atoms with van der Waals surface area (Å²) in [6, 6.07) is 4.28. The molecule has 0 radical (unpaired) electrons. The van der Waals surface area contributed by atoms with E-state index >= 15 is 0 Å². The summed E-state index contributed by atoms with van der Waals surface area (Å²) in [5.41, 5.74) is 0.610. The van der Waals surface area contributed by atoms with Gasteiger partial charge in [0, 0.05) is 24.0 Å². The van der Waals surface area contributed by atoms with Gasteiger partial charge in [-0.15, -0.1) is 0 Å². The van der Waals surface area contributed by atoms with Crippen LogP contribution < -0.4 is 10.1 Å². The van der Waals surface area contributed by atoms with Crippen LogP contribution in [0.1, 0.15) is 0 Å². The molecule has 0 saturated heterocycles. The molecule has 0 fully saturated rings. The summed E-state index contributed by atoms with van der Waals surface area (Å²) in [5, 5.41) is 2.78. The van der Waals surface area contributed by atoms with Crippen molar-refractivity contribution in [3.8, 4) is 5.75 Å². The van der Waals surface area contributed by atoms with E-state index in [4.69, 9.17) is 4.74 Å². The van der Waals surface area contributed by atoms with Crippen LogP contribution in [0.15, 0.2) is 30.5 Å². The van der Waals surface area contributed by atoms with Gasteiger partial charge in [0.1, 0.15) is 0 Å². The fraction of sp³-hybridized carbons (Fsp3) is 0.182. The van der Waals surface area contributed by atoms with Gasteiger partial charge in [-0.1, -0.05) is 0 Å². The maximum Gasteiger partial charge on any atom is 0.331 e. The number of nitrogens with one attached hydrogen (secondary N) is 1. The minimum Gasteiger partial charge on any atom is -0.494 e. The number of hydrogen-bond acceptors (Lipinski definition) is 4. The molecule has 0 aromatic heterocycles. The smallest absolute Gasteiger partial charge is 0.331 e. The Hall–Kier alpha value is -2.04. The number of hydrogen-bond donors (Lipinski definition) is 1. The third-order valence-electron chi connectivity index (χ3n) is 1.82. The van der Waals surface area contributed by atoms with Crippen molar-refractivity contribution in [2.45, 2.75) is 0 Å². The van der Waals surface area contributed by atoms with Gasteiger partial charge in [0.25, 0.3) is 0 Å². The summed E-state index contributed by atoms with van der Waals surface area (Å²) in [7, 11) is 2.67. The van der Waals surface area contributed by atoms with Gasteiger partial charge < -0.3 is 14.8 Å². The molecule has 0 aliphatic carbocycles. The van der Waals surface area contributed by atoms with Crippen LogP contribution in [0.25, 0.3) is 0 Å². The van der Waals surface area contributed by atoms with Gasteiger partial charge in [-0.2, -0.15) is 0 Å². The fourth-order valence-electron chi connectivity index (χ4n) is 1.02. The van der Waals surface area contributed by atoms with Gasteiger partial charge >= 0.3 is 5.97 Å². The van der Waals surface area contributed by atoms with Gasteiger partial charge in [-0.3, -0.25) is 0 Å². The van der Waals surface area contributed by atoms with Gasteiger partial charge in [-0.25, -0.2) is 9.18 Å². The Morgan fingerprint density at radius 1 is 1.44 bits per heavy atom. The summed E-state index contributed by atoms with van der Waals surface area (Å²) in [6.45, 7) is 0. The van der Waals surface area contributed by atoms with Crippen molar-refractivity contribution in [1.82, 2.24) is 0 Å². The molecule has 0 spiro atoms. The Morgan fingerprint density at radius 3 is 2.81 bits per heavy atom. The minimum atomic E-state index is -0.471. The largest absolute Gasteiger partial charge is 0.494 e. The molecule has 0 heterocycles. The Labute approximate surface area is 92.7 Å². The van der Waals surface area contributed by atoms with Crippen LogP contribution in [0, 0.1) is 5.82 Å². The van der Waals surface area contributed by atoms with E-state index in [1.807, 2.05) is 0 Å². The monoisotopic (exact) mass is 225 g/mol.